The quantitative estimate of drug-likeness (QED) is 0.801. The normalized spacial score (nSPS) is 18.4. The fourth-order valence-corrected chi connectivity index (χ4v) is 2.56. The molecule has 1 aromatic rings. The van der Waals surface area contributed by atoms with Crippen LogP contribution >= 0.6 is 0 Å². The van der Waals surface area contributed by atoms with Gasteiger partial charge in [0.1, 0.15) is 0 Å². The highest BCUT2D eigenvalue weighted by molar-refractivity contribution is 5.26. The van der Waals surface area contributed by atoms with E-state index in [1.165, 1.54) is 24.8 Å². The molecule has 1 fully saturated rings. The minimum atomic E-state index is 0.0690. The Balaban J connectivity index is 0.000000606. The van der Waals surface area contributed by atoms with E-state index in [0.29, 0.717) is 6.61 Å². The van der Waals surface area contributed by atoms with Gasteiger partial charge in [-0.3, -0.25) is 0 Å². The fourth-order valence-electron chi connectivity index (χ4n) is 2.56. The van der Waals surface area contributed by atoms with Crippen molar-refractivity contribution >= 4 is 0 Å². The van der Waals surface area contributed by atoms with Crippen LogP contribution in [-0.2, 0) is 5.41 Å². The van der Waals surface area contributed by atoms with Crippen LogP contribution in [0.5, 0.6) is 0 Å². The number of hydrogen-bond donors (Lipinski definition) is 1. The Bertz CT molecular complexity index is 273. The molecular weight excluding hydrogens is 196 g/mol. The number of hydrogen-bond acceptors (Lipinski definition) is 1. The lowest BCUT2D eigenvalue weighted by Crippen LogP contribution is -2.32. The van der Waals surface area contributed by atoms with Crippen LogP contribution in [0.15, 0.2) is 30.3 Å². The first kappa shape index (κ1) is 13.2. The summed E-state index contributed by atoms with van der Waals surface area (Å²) in [5, 5.41) is 9.59. The van der Waals surface area contributed by atoms with Gasteiger partial charge in [0, 0.05) is 5.41 Å². The fraction of sp³-hybridized carbons (Fsp3) is 0.600. The highest BCUT2D eigenvalue weighted by atomic mass is 16.3. The van der Waals surface area contributed by atoms with Crippen LogP contribution in [0.2, 0.25) is 0 Å². The molecule has 0 saturated heterocycles. The summed E-state index contributed by atoms with van der Waals surface area (Å²) in [4.78, 5) is 0. The molecule has 0 radical (unpaired) electrons. The summed E-state index contributed by atoms with van der Waals surface area (Å²) in [5.74, 6) is 0. The summed E-state index contributed by atoms with van der Waals surface area (Å²) >= 11 is 0. The lowest BCUT2D eigenvalue weighted by molar-refractivity contribution is 0.152. The van der Waals surface area contributed by atoms with E-state index in [0.717, 1.165) is 12.8 Å². The van der Waals surface area contributed by atoms with Gasteiger partial charge in [-0.05, 0) is 18.4 Å². The van der Waals surface area contributed by atoms with Gasteiger partial charge in [-0.15, -0.1) is 0 Å². The minimum absolute atomic E-state index is 0.0690. The van der Waals surface area contributed by atoms with Crippen LogP contribution in [0.4, 0.5) is 0 Å². The monoisotopic (exact) mass is 220 g/mol. The van der Waals surface area contributed by atoms with Crippen LogP contribution in [-0.4, -0.2) is 11.7 Å². The average Bonchev–Trinajstić information content (AvgIpc) is 2.43. The van der Waals surface area contributed by atoms with Crippen LogP contribution in [0.3, 0.4) is 0 Å². The summed E-state index contributed by atoms with van der Waals surface area (Å²) < 4.78 is 0. The highest BCUT2D eigenvalue weighted by Gasteiger charge is 2.32. The number of rotatable bonds is 2. The van der Waals surface area contributed by atoms with Crippen LogP contribution in [0, 0.1) is 0 Å². The third kappa shape index (κ3) is 2.85. The topological polar surface area (TPSA) is 20.2 Å². The van der Waals surface area contributed by atoms with Gasteiger partial charge in [0.2, 0.25) is 0 Å². The third-order valence-electron chi connectivity index (χ3n) is 3.50. The highest BCUT2D eigenvalue weighted by Crippen LogP contribution is 2.38. The summed E-state index contributed by atoms with van der Waals surface area (Å²) in [5.41, 5.74) is 1.39. The number of benzene rings is 1. The molecule has 0 bridgehead atoms. The summed E-state index contributed by atoms with van der Waals surface area (Å²) in [7, 11) is 0. The van der Waals surface area contributed by atoms with Gasteiger partial charge < -0.3 is 5.11 Å². The van der Waals surface area contributed by atoms with Crippen molar-refractivity contribution in [1.29, 1.82) is 0 Å². The van der Waals surface area contributed by atoms with Crippen molar-refractivity contribution in [2.24, 2.45) is 0 Å². The molecule has 1 saturated carbocycles. The largest absolute Gasteiger partial charge is 0.395 e. The zero-order valence-electron chi connectivity index (χ0n) is 10.6. The molecule has 0 amide bonds. The Morgan fingerprint density at radius 2 is 1.56 bits per heavy atom. The van der Waals surface area contributed by atoms with Gasteiger partial charge in [-0.1, -0.05) is 63.4 Å². The van der Waals surface area contributed by atoms with E-state index in [2.05, 4.69) is 24.3 Å². The first-order valence-corrected chi connectivity index (χ1v) is 6.54. The smallest absolute Gasteiger partial charge is 0.0527 e. The maximum atomic E-state index is 9.59. The molecule has 1 nitrogen and oxygen atoms in total. The molecule has 1 aliphatic rings. The van der Waals surface area contributed by atoms with Gasteiger partial charge in [0.15, 0.2) is 0 Å². The van der Waals surface area contributed by atoms with Crippen LogP contribution in [0.25, 0.3) is 0 Å². The van der Waals surface area contributed by atoms with E-state index in [-0.39, 0.29) is 5.41 Å². The number of aliphatic hydroxyl groups is 1. The Labute approximate surface area is 99.5 Å². The van der Waals surface area contributed by atoms with Crippen molar-refractivity contribution in [3.05, 3.63) is 35.9 Å². The SMILES string of the molecule is CC.OCC1(c2ccccc2)CCCCC1. The molecule has 0 heterocycles. The zero-order valence-corrected chi connectivity index (χ0v) is 10.6. The summed E-state index contributed by atoms with van der Waals surface area (Å²) in [6, 6.07) is 10.5. The maximum Gasteiger partial charge on any atom is 0.0527 e. The van der Waals surface area contributed by atoms with Crippen molar-refractivity contribution < 1.29 is 5.11 Å². The first-order chi connectivity index (χ1) is 7.87. The van der Waals surface area contributed by atoms with E-state index in [4.69, 9.17) is 0 Å². The van der Waals surface area contributed by atoms with Gasteiger partial charge >= 0.3 is 0 Å². The lowest BCUT2D eigenvalue weighted by Gasteiger charge is -2.36. The van der Waals surface area contributed by atoms with Crippen LogP contribution < -0.4 is 0 Å². The van der Waals surface area contributed by atoms with Gasteiger partial charge in [0.25, 0.3) is 0 Å². The second-order valence-electron chi connectivity index (χ2n) is 4.37. The Morgan fingerprint density at radius 3 is 2.06 bits per heavy atom. The molecule has 0 aliphatic heterocycles. The van der Waals surface area contributed by atoms with E-state index in [1.54, 1.807) is 0 Å². The Kier molecular flexibility index (Phi) is 5.54. The molecule has 1 aromatic carbocycles. The molecule has 0 aromatic heterocycles. The molecule has 0 atom stereocenters. The summed E-state index contributed by atoms with van der Waals surface area (Å²) in [6.45, 7) is 4.30. The Hall–Kier alpha value is -0.820. The van der Waals surface area contributed by atoms with Crippen molar-refractivity contribution in [2.75, 3.05) is 6.61 Å². The third-order valence-corrected chi connectivity index (χ3v) is 3.50. The van der Waals surface area contributed by atoms with Gasteiger partial charge in [-0.2, -0.15) is 0 Å². The molecule has 1 heteroatoms. The molecule has 0 unspecified atom stereocenters. The molecule has 1 N–H and O–H groups in total. The van der Waals surface area contributed by atoms with E-state index >= 15 is 0 Å². The maximum absolute atomic E-state index is 9.59. The predicted molar refractivity (Wildman–Crippen MR) is 69.6 cm³/mol. The summed E-state index contributed by atoms with van der Waals surface area (Å²) in [6.07, 6.45) is 6.14. The first-order valence-electron chi connectivity index (χ1n) is 6.54. The van der Waals surface area contributed by atoms with E-state index in [9.17, 15) is 5.11 Å². The molecule has 16 heavy (non-hydrogen) atoms. The second-order valence-corrected chi connectivity index (χ2v) is 4.37. The molecule has 0 spiro atoms. The Morgan fingerprint density at radius 1 is 1.00 bits per heavy atom. The molecule has 2 rings (SSSR count). The standard InChI is InChI=1S/C13H18O.C2H6/c14-11-13(9-5-2-6-10-13)12-7-3-1-4-8-12;1-2/h1,3-4,7-8,14H,2,5-6,9-11H2;1-2H3. The molecular formula is C15H24O. The lowest BCUT2D eigenvalue weighted by atomic mass is 9.70. The van der Waals surface area contributed by atoms with Crippen LogP contribution in [0.1, 0.15) is 51.5 Å². The zero-order chi connectivity index (χ0) is 11.9. The van der Waals surface area contributed by atoms with Crippen molar-refractivity contribution in [2.45, 2.75) is 51.4 Å². The second kappa shape index (κ2) is 6.70. The van der Waals surface area contributed by atoms with Crippen molar-refractivity contribution in [3.63, 3.8) is 0 Å². The van der Waals surface area contributed by atoms with Crippen molar-refractivity contribution in [3.8, 4) is 0 Å². The van der Waals surface area contributed by atoms with E-state index < -0.39 is 0 Å². The van der Waals surface area contributed by atoms with Crippen molar-refractivity contribution in [1.82, 2.24) is 0 Å². The average molecular weight is 220 g/mol. The molecule has 90 valence electrons. The minimum Gasteiger partial charge on any atom is -0.395 e. The van der Waals surface area contributed by atoms with Gasteiger partial charge in [0.05, 0.1) is 6.61 Å². The number of aliphatic hydroxyl groups excluding tert-OH is 1. The molecule has 1 aliphatic carbocycles. The van der Waals surface area contributed by atoms with E-state index in [1.807, 2.05) is 19.9 Å². The van der Waals surface area contributed by atoms with Gasteiger partial charge in [-0.25, -0.2) is 0 Å². The predicted octanol–water partition coefficient (Wildman–Crippen LogP) is 3.91.